The van der Waals surface area contributed by atoms with E-state index in [0.29, 0.717) is 25.4 Å². The molecule has 0 bridgehead atoms. The van der Waals surface area contributed by atoms with E-state index in [1.54, 1.807) is 24.3 Å². The first-order valence-electron chi connectivity index (χ1n) is 9.75. The maximum Gasteiger partial charge on any atom is 0.191 e. The lowest BCUT2D eigenvalue weighted by atomic mass is 10.3. The molecule has 1 heterocycles. The van der Waals surface area contributed by atoms with Gasteiger partial charge < -0.3 is 15.4 Å². The number of aliphatic imine (C=N–C) groups is 1. The zero-order chi connectivity index (χ0) is 21.3. The minimum absolute atomic E-state index is 0.282. The first-order valence-corrected chi connectivity index (χ1v) is 11.6. The van der Waals surface area contributed by atoms with E-state index in [9.17, 15) is 8.42 Å². The fourth-order valence-corrected chi connectivity index (χ4v) is 3.41. The molecule has 160 valence electrons. The molecule has 0 aliphatic carbocycles. The second-order valence-corrected chi connectivity index (χ2v) is 8.80. The lowest BCUT2D eigenvalue weighted by Crippen LogP contribution is -2.39. The third-order valence-electron chi connectivity index (χ3n) is 4.16. The second-order valence-electron chi connectivity index (χ2n) is 6.78. The highest BCUT2D eigenvalue weighted by Gasteiger charge is 2.06. The van der Waals surface area contributed by atoms with Gasteiger partial charge in [-0.05, 0) is 57.5 Å². The summed E-state index contributed by atoms with van der Waals surface area (Å²) in [4.78, 5) is 4.86. The van der Waals surface area contributed by atoms with Crippen molar-refractivity contribution in [1.29, 1.82) is 0 Å². The number of nitrogens with one attached hydrogen (secondary N) is 2. The van der Waals surface area contributed by atoms with Gasteiger partial charge in [0.25, 0.3) is 0 Å². The zero-order valence-electron chi connectivity index (χ0n) is 17.6. The number of hydrogen-bond acceptors (Lipinski definition) is 5. The SMILES string of the molecule is CCNC(=NCCCn1nc(C)cc1C)NCCOc1ccc(S(C)(=O)=O)cc1. The summed E-state index contributed by atoms with van der Waals surface area (Å²) in [5.74, 6) is 1.38. The van der Waals surface area contributed by atoms with E-state index >= 15 is 0 Å². The van der Waals surface area contributed by atoms with Crippen LogP contribution in [-0.2, 0) is 16.4 Å². The molecule has 2 N–H and O–H groups in total. The number of rotatable bonds is 10. The molecule has 2 aromatic rings. The van der Waals surface area contributed by atoms with Crippen LogP contribution >= 0.6 is 0 Å². The van der Waals surface area contributed by atoms with Crippen LogP contribution in [0, 0.1) is 13.8 Å². The maximum atomic E-state index is 11.5. The molecule has 29 heavy (non-hydrogen) atoms. The van der Waals surface area contributed by atoms with Gasteiger partial charge in [0.2, 0.25) is 0 Å². The minimum atomic E-state index is -3.19. The van der Waals surface area contributed by atoms with Crippen molar-refractivity contribution < 1.29 is 13.2 Å². The number of hydrogen-bond donors (Lipinski definition) is 2. The third-order valence-corrected chi connectivity index (χ3v) is 5.29. The van der Waals surface area contributed by atoms with Crippen LogP contribution in [0.5, 0.6) is 5.75 Å². The molecule has 0 saturated carbocycles. The van der Waals surface area contributed by atoms with E-state index < -0.39 is 9.84 Å². The summed E-state index contributed by atoms with van der Waals surface area (Å²) in [6.07, 6.45) is 2.09. The average Bonchev–Trinajstić information content (AvgIpc) is 2.99. The Balaban J connectivity index is 1.73. The number of aryl methyl sites for hydroxylation is 3. The summed E-state index contributed by atoms with van der Waals surface area (Å²) in [6, 6.07) is 8.49. The maximum absolute atomic E-state index is 11.5. The first-order chi connectivity index (χ1) is 13.8. The van der Waals surface area contributed by atoms with Crippen LogP contribution in [0.25, 0.3) is 0 Å². The van der Waals surface area contributed by atoms with Gasteiger partial charge in [0.05, 0.1) is 17.1 Å². The average molecular weight is 422 g/mol. The molecule has 0 atom stereocenters. The molecule has 1 aromatic carbocycles. The number of benzene rings is 1. The summed E-state index contributed by atoms with van der Waals surface area (Å²) in [7, 11) is -3.19. The molecule has 0 aliphatic rings. The smallest absolute Gasteiger partial charge is 0.191 e. The van der Waals surface area contributed by atoms with Crippen molar-refractivity contribution in [3.05, 3.63) is 41.7 Å². The van der Waals surface area contributed by atoms with Crippen molar-refractivity contribution in [2.75, 3.05) is 32.5 Å². The summed E-state index contributed by atoms with van der Waals surface area (Å²) in [6.45, 7) is 9.41. The molecule has 9 heteroatoms. The van der Waals surface area contributed by atoms with E-state index in [4.69, 9.17) is 4.74 Å². The molecular formula is C20H31N5O3S. The Morgan fingerprint density at radius 3 is 2.52 bits per heavy atom. The fourth-order valence-electron chi connectivity index (χ4n) is 2.78. The van der Waals surface area contributed by atoms with Crippen LogP contribution in [-0.4, -0.2) is 56.7 Å². The van der Waals surface area contributed by atoms with Crippen LogP contribution in [0.15, 0.2) is 40.2 Å². The molecule has 8 nitrogen and oxygen atoms in total. The first kappa shape index (κ1) is 22.7. The fraction of sp³-hybridized carbons (Fsp3) is 0.500. The highest BCUT2D eigenvalue weighted by molar-refractivity contribution is 7.90. The lowest BCUT2D eigenvalue weighted by Gasteiger charge is -2.12. The van der Waals surface area contributed by atoms with Gasteiger partial charge in [0.1, 0.15) is 12.4 Å². The molecule has 2 rings (SSSR count). The Kier molecular flexibility index (Phi) is 8.50. The van der Waals surface area contributed by atoms with Gasteiger partial charge in [-0.25, -0.2) is 8.42 Å². The van der Waals surface area contributed by atoms with Crippen molar-refractivity contribution in [2.24, 2.45) is 4.99 Å². The van der Waals surface area contributed by atoms with E-state index in [2.05, 4.69) is 33.7 Å². The third kappa shape index (κ3) is 7.77. The van der Waals surface area contributed by atoms with Crippen molar-refractivity contribution in [3.63, 3.8) is 0 Å². The quantitative estimate of drug-likeness (QED) is 0.346. The van der Waals surface area contributed by atoms with E-state index in [1.165, 1.54) is 11.9 Å². The summed E-state index contributed by atoms with van der Waals surface area (Å²) in [5, 5.41) is 10.9. The van der Waals surface area contributed by atoms with Gasteiger partial charge >= 0.3 is 0 Å². The highest BCUT2D eigenvalue weighted by Crippen LogP contribution is 2.15. The minimum Gasteiger partial charge on any atom is -0.492 e. The molecule has 0 aliphatic heterocycles. The molecular weight excluding hydrogens is 390 g/mol. The molecule has 0 saturated heterocycles. The number of nitrogens with zero attached hydrogens (tertiary/aromatic N) is 3. The van der Waals surface area contributed by atoms with Crippen molar-refractivity contribution in [2.45, 2.75) is 38.6 Å². The Morgan fingerprint density at radius 1 is 1.21 bits per heavy atom. The van der Waals surface area contributed by atoms with Gasteiger partial charge in [-0.1, -0.05) is 0 Å². The molecule has 0 amide bonds. The number of aromatic nitrogens is 2. The van der Waals surface area contributed by atoms with Crippen LogP contribution in [0.1, 0.15) is 24.7 Å². The van der Waals surface area contributed by atoms with Crippen molar-refractivity contribution in [1.82, 2.24) is 20.4 Å². The van der Waals surface area contributed by atoms with Crippen molar-refractivity contribution in [3.8, 4) is 5.75 Å². The van der Waals surface area contributed by atoms with Gasteiger partial charge in [-0.15, -0.1) is 0 Å². The van der Waals surface area contributed by atoms with E-state index in [-0.39, 0.29) is 4.90 Å². The van der Waals surface area contributed by atoms with Gasteiger partial charge in [-0.3, -0.25) is 9.67 Å². The number of ether oxygens (including phenoxy) is 1. The van der Waals surface area contributed by atoms with Gasteiger partial charge in [0.15, 0.2) is 15.8 Å². The lowest BCUT2D eigenvalue weighted by molar-refractivity contribution is 0.321. The Morgan fingerprint density at radius 2 is 1.93 bits per heavy atom. The molecule has 0 unspecified atom stereocenters. The topological polar surface area (TPSA) is 97.6 Å². The van der Waals surface area contributed by atoms with E-state index in [0.717, 1.165) is 31.2 Å². The predicted octanol–water partition coefficient (Wildman–Crippen LogP) is 1.93. The van der Waals surface area contributed by atoms with Crippen LogP contribution in [0.3, 0.4) is 0 Å². The molecule has 1 aromatic heterocycles. The van der Waals surface area contributed by atoms with Gasteiger partial charge in [0, 0.05) is 31.6 Å². The summed E-state index contributed by atoms with van der Waals surface area (Å²) < 4.78 is 30.6. The number of sulfone groups is 1. The second kappa shape index (κ2) is 10.8. The van der Waals surface area contributed by atoms with Crippen molar-refractivity contribution >= 4 is 15.8 Å². The highest BCUT2D eigenvalue weighted by atomic mass is 32.2. The zero-order valence-corrected chi connectivity index (χ0v) is 18.4. The monoisotopic (exact) mass is 421 g/mol. The summed E-state index contributed by atoms with van der Waals surface area (Å²) in [5.41, 5.74) is 2.20. The largest absolute Gasteiger partial charge is 0.492 e. The van der Waals surface area contributed by atoms with Crippen LogP contribution in [0.2, 0.25) is 0 Å². The predicted molar refractivity (Wildman–Crippen MR) is 115 cm³/mol. The summed E-state index contributed by atoms with van der Waals surface area (Å²) >= 11 is 0. The van der Waals surface area contributed by atoms with Crippen LogP contribution < -0.4 is 15.4 Å². The standard InChI is InChI=1S/C20H31N5O3S/c1-5-21-20(22-11-6-13-25-17(3)15-16(2)24-25)23-12-14-28-18-7-9-19(10-8-18)29(4,26)27/h7-10,15H,5-6,11-14H2,1-4H3,(H2,21,22,23). The number of guanidine groups is 1. The Bertz CT molecular complexity index is 905. The van der Waals surface area contributed by atoms with Crippen LogP contribution in [0.4, 0.5) is 0 Å². The normalized spacial score (nSPS) is 12.1. The Hall–Kier alpha value is -2.55. The molecule has 0 spiro atoms. The van der Waals surface area contributed by atoms with Gasteiger partial charge in [-0.2, -0.15) is 5.10 Å². The molecule has 0 radical (unpaired) electrons. The van der Waals surface area contributed by atoms with E-state index in [1.807, 2.05) is 18.5 Å². The Labute approximate surface area is 173 Å². The molecule has 0 fully saturated rings.